The van der Waals surface area contributed by atoms with Crippen LogP contribution < -0.4 is 5.73 Å². The minimum atomic E-state index is -3.08. The maximum absolute atomic E-state index is 11.7. The van der Waals surface area contributed by atoms with Gasteiger partial charge in [0.15, 0.2) is 9.84 Å². The fraction of sp³-hybridized carbons (Fsp3) is 0.400. The van der Waals surface area contributed by atoms with Gasteiger partial charge in [0, 0.05) is 6.04 Å². The third-order valence-corrected chi connectivity index (χ3v) is 4.40. The Bertz CT molecular complexity index is 465. The van der Waals surface area contributed by atoms with E-state index in [4.69, 9.17) is 5.73 Å². The van der Waals surface area contributed by atoms with E-state index in [0.717, 1.165) is 11.1 Å². The van der Waals surface area contributed by atoms with Gasteiger partial charge in [-0.25, -0.2) is 8.42 Å². The first-order valence-corrected chi connectivity index (χ1v) is 6.25. The minimum absolute atomic E-state index is 0.130. The molecule has 1 unspecified atom stereocenters. The summed E-state index contributed by atoms with van der Waals surface area (Å²) in [6.45, 7) is 1.88. The number of benzene rings is 1. The van der Waals surface area contributed by atoms with Gasteiger partial charge in [-0.15, -0.1) is 0 Å². The first-order valence-electron chi connectivity index (χ1n) is 4.59. The molecule has 0 amide bonds. The highest BCUT2D eigenvalue weighted by atomic mass is 32.2. The molecule has 1 aromatic rings. The molecule has 76 valence electrons. The van der Waals surface area contributed by atoms with Crippen LogP contribution in [0.4, 0.5) is 0 Å². The summed E-state index contributed by atoms with van der Waals surface area (Å²) in [7, 11) is -3.08. The molecule has 1 aromatic carbocycles. The fourth-order valence-electron chi connectivity index (χ4n) is 1.76. The second kappa shape index (κ2) is 3.07. The van der Waals surface area contributed by atoms with Crippen molar-refractivity contribution in [1.82, 2.24) is 0 Å². The lowest BCUT2D eigenvalue weighted by molar-refractivity contribution is 0.568. The molecule has 0 spiro atoms. The molecule has 0 saturated carbocycles. The van der Waals surface area contributed by atoms with Crippen LogP contribution in [0.1, 0.15) is 23.6 Å². The summed E-state index contributed by atoms with van der Waals surface area (Å²) in [5.41, 5.74) is 7.58. The Labute approximate surface area is 83.9 Å². The Morgan fingerprint density at radius 3 is 2.86 bits per heavy atom. The number of sulfone groups is 1. The van der Waals surface area contributed by atoms with Gasteiger partial charge in [0.25, 0.3) is 0 Å². The molecule has 0 aromatic heterocycles. The normalized spacial score (nSPS) is 24.3. The zero-order valence-electron chi connectivity index (χ0n) is 8.03. The van der Waals surface area contributed by atoms with E-state index in [1.165, 1.54) is 0 Å². The molecular formula is C10H13NO2S. The van der Waals surface area contributed by atoms with Crippen LogP contribution in [0.5, 0.6) is 0 Å². The molecular weight excluding hydrogens is 198 g/mol. The molecule has 0 aliphatic carbocycles. The molecule has 0 bridgehead atoms. The molecule has 0 radical (unpaired) electrons. The largest absolute Gasteiger partial charge is 0.324 e. The van der Waals surface area contributed by atoms with Crippen LogP contribution in [0, 0.1) is 6.92 Å². The molecule has 14 heavy (non-hydrogen) atoms. The molecule has 4 heteroatoms. The van der Waals surface area contributed by atoms with Crippen LogP contribution in [0.15, 0.2) is 23.1 Å². The van der Waals surface area contributed by atoms with Gasteiger partial charge in [0.2, 0.25) is 0 Å². The van der Waals surface area contributed by atoms with E-state index in [0.29, 0.717) is 11.3 Å². The number of fused-ring (bicyclic) bond motifs is 1. The van der Waals surface area contributed by atoms with Crippen molar-refractivity contribution in [1.29, 1.82) is 0 Å². The number of rotatable bonds is 0. The zero-order valence-corrected chi connectivity index (χ0v) is 8.84. The molecule has 0 fully saturated rings. The molecule has 1 heterocycles. The summed E-state index contributed by atoms with van der Waals surface area (Å²) in [6, 6.07) is 5.31. The molecule has 1 aliphatic rings. The van der Waals surface area contributed by atoms with Gasteiger partial charge >= 0.3 is 0 Å². The number of aryl methyl sites for hydroxylation is 1. The highest BCUT2D eigenvalue weighted by molar-refractivity contribution is 7.91. The highest BCUT2D eigenvalue weighted by Crippen LogP contribution is 2.30. The first kappa shape index (κ1) is 9.68. The van der Waals surface area contributed by atoms with Crippen molar-refractivity contribution >= 4 is 9.84 Å². The molecule has 1 aliphatic heterocycles. The predicted molar refractivity (Wildman–Crippen MR) is 54.8 cm³/mol. The molecule has 2 N–H and O–H groups in total. The lowest BCUT2D eigenvalue weighted by Crippen LogP contribution is -2.24. The van der Waals surface area contributed by atoms with Gasteiger partial charge in [-0.1, -0.05) is 12.1 Å². The van der Waals surface area contributed by atoms with Gasteiger partial charge in [-0.3, -0.25) is 0 Å². The third-order valence-electron chi connectivity index (χ3n) is 2.60. The third kappa shape index (κ3) is 1.44. The van der Waals surface area contributed by atoms with Crippen molar-refractivity contribution in [2.75, 3.05) is 5.75 Å². The van der Waals surface area contributed by atoms with Crippen LogP contribution in [0.2, 0.25) is 0 Å². The smallest absolute Gasteiger partial charge is 0.178 e. The van der Waals surface area contributed by atoms with E-state index in [-0.39, 0.29) is 11.8 Å². The minimum Gasteiger partial charge on any atom is -0.324 e. The number of hydrogen-bond acceptors (Lipinski definition) is 3. The van der Waals surface area contributed by atoms with E-state index in [1.807, 2.05) is 19.1 Å². The number of nitrogens with two attached hydrogens (primary N) is 1. The molecule has 1 atom stereocenters. The van der Waals surface area contributed by atoms with Crippen molar-refractivity contribution in [3.05, 3.63) is 29.3 Å². The van der Waals surface area contributed by atoms with Gasteiger partial charge in [-0.05, 0) is 30.5 Å². The lowest BCUT2D eigenvalue weighted by Gasteiger charge is -2.22. The van der Waals surface area contributed by atoms with Crippen LogP contribution in [-0.2, 0) is 9.84 Å². The van der Waals surface area contributed by atoms with Crippen LogP contribution in [0.3, 0.4) is 0 Å². The summed E-state index contributed by atoms with van der Waals surface area (Å²) in [6.07, 6.45) is 0.526. The summed E-state index contributed by atoms with van der Waals surface area (Å²) >= 11 is 0. The van der Waals surface area contributed by atoms with Crippen molar-refractivity contribution in [2.45, 2.75) is 24.3 Å². The quantitative estimate of drug-likeness (QED) is 0.700. The maximum Gasteiger partial charge on any atom is 0.178 e. The van der Waals surface area contributed by atoms with Gasteiger partial charge < -0.3 is 5.73 Å². The molecule has 0 saturated heterocycles. The van der Waals surface area contributed by atoms with Crippen LogP contribution in [-0.4, -0.2) is 14.2 Å². The van der Waals surface area contributed by atoms with E-state index in [9.17, 15) is 8.42 Å². The second-order valence-electron chi connectivity index (χ2n) is 3.76. The average molecular weight is 211 g/mol. The predicted octanol–water partition coefficient (Wildman–Crippen LogP) is 1.17. The Morgan fingerprint density at radius 1 is 1.43 bits per heavy atom. The maximum atomic E-state index is 11.7. The van der Waals surface area contributed by atoms with Crippen molar-refractivity contribution < 1.29 is 8.42 Å². The monoisotopic (exact) mass is 211 g/mol. The summed E-state index contributed by atoms with van der Waals surface area (Å²) in [5.74, 6) is 0.171. The fourth-order valence-corrected chi connectivity index (χ4v) is 3.49. The van der Waals surface area contributed by atoms with Crippen molar-refractivity contribution in [3.63, 3.8) is 0 Å². The topological polar surface area (TPSA) is 60.2 Å². The lowest BCUT2D eigenvalue weighted by atomic mass is 10.0. The van der Waals surface area contributed by atoms with E-state index in [1.54, 1.807) is 6.07 Å². The van der Waals surface area contributed by atoms with Gasteiger partial charge in [0.1, 0.15) is 0 Å². The van der Waals surface area contributed by atoms with E-state index >= 15 is 0 Å². The van der Waals surface area contributed by atoms with E-state index < -0.39 is 9.84 Å². The Balaban J connectivity index is 2.70. The van der Waals surface area contributed by atoms with Crippen LogP contribution >= 0.6 is 0 Å². The van der Waals surface area contributed by atoms with Gasteiger partial charge in [-0.2, -0.15) is 0 Å². The SMILES string of the molecule is Cc1ccc2c(c1)S(=O)(=O)CCC2N. The summed E-state index contributed by atoms with van der Waals surface area (Å²) in [4.78, 5) is 0.427. The molecule has 3 nitrogen and oxygen atoms in total. The Morgan fingerprint density at radius 2 is 2.14 bits per heavy atom. The summed E-state index contributed by atoms with van der Waals surface area (Å²) in [5, 5.41) is 0. The van der Waals surface area contributed by atoms with Gasteiger partial charge in [0.05, 0.1) is 10.6 Å². The zero-order chi connectivity index (χ0) is 10.3. The van der Waals surface area contributed by atoms with Crippen molar-refractivity contribution in [3.8, 4) is 0 Å². The first-order chi connectivity index (χ1) is 6.50. The Kier molecular flexibility index (Phi) is 2.12. The standard InChI is InChI=1S/C10H13NO2S/c1-7-2-3-8-9(11)4-5-14(12,13)10(8)6-7/h2-3,6,9H,4-5,11H2,1H3. The van der Waals surface area contributed by atoms with Crippen LogP contribution in [0.25, 0.3) is 0 Å². The number of hydrogen-bond donors (Lipinski definition) is 1. The molecule has 2 rings (SSSR count). The highest BCUT2D eigenvalue weighted by Gasteiger charge is 2.27. The Hall–Kier alpha value is -0.870. The average Bonchev–Trinajstić information content (AvgIpc) is 2.12. The second-order valence-corrected chi connectivity index (χ2v) is 5.83. The van der Waals surface area contributed by atoms with E-state index in [2.05, 4.69) is 0 Å². The van der Waals surface area contributed by atoms with Crippen molar-refractivity contribution in [2.24, 2.45) is 5.73 Å². The summed E-state index contributed by atoms with van der Waals surface area (Å²) < 4.78 is 23.4.